The number of pyridine rings is 1. The second-order valence-electron chi connectivity index (χ2n) is 6.83. The largest absolute Gasteiger partial charge is 0.371 e. The SMILES string of the molecule is S=C(Nc1ccccc1Br)NC1CCN(c2ccnc3cc(Cl)ccc23)CC1. The van der Waals surface area contributed by atoms with Crippen LogP contribution in [0.3, 0.4) is 0 Å². The van der Waals surface area contributed by atoms with Gasteiger partial charge in [0.15, 0.2) is 5.11 Å². The van der Waals surface area contributed by atoms with Crippen molar-refractivity contribution in [2.24, 2.45) is 0 Å². The van der Waals surface area contributed by atoms with Crippen LogP contribution >= 0.6 is 39.7 Å². The number of hydrogen-bond donors (Lipinski definition) is 2. The Labute approximate surface area is 183 Å². The summed E-state index contributed by atoms with van der Waals surface area (Å²) in [6.07, 6.45) is 3.90. The molecule has 3 aromatic rings. The van der Waals surface area contributed by atoms with Crippen LogP contribution in [0.25, 0.3) is 10.9 Å². The molecule has 2 aromatic carbocycles. The minimum Gasteiger partial charge on any atom is -0.371 e. The fourth-order valence-electron chi connectivity index (χ4n) is 3.55. The van der Waals surface area contributed by atoms with Crippen molar-refractivity contribution >= 4 is 67.1 Å². The summed E-state index contributed by atoms with van der Waals surface area (Å²) in [6.45, 7) is 1.94. The molecule has 2 heterocycles. The van der Waals surface area contributed by atoms with E-state index in [1.807, 2.05) is 42.6 Å². The molecule has 1 aliphatic heterocycles. The van der Waals surface area contributed by atoms with Gasteiger partial charge >= 0.3 is 0 Å². The van der Waals surface area contributed by atoms with Crippen molar-refractivity contribution in [1.29, 1.82) is 0 Å². The number of nitrogens with zero attached hydrogens (tertiary/aromatic N) is 2. The van der Waals surface area contributed by atoms with Crippen molar-refractivity contribution in [3.63, 3.8) is 0 Å². The van der Waals surface area contributed by atoms with Gasteiger partial charge in [0.2, 0.25) is 0 Å². The first-order valence-corrected chi connectivity index (χ1v) is 10.8. The van der Waals surface area contributed by atoms with Gasteiger partial charge in [-0.3, -0.25) is 4.98 Å². The molecule has 0 radical (unpaired) electrons. The number of hydrogen-bond acceptors (Lipinski definition) is 3. The van der Waals surface area contributed by atoms with Gasteiger partial charge in [-0.2, -0.15) is 0 Å². The number of anilines is 2. The Morgan fingerprint density at radius 2 is 1.93 bits per heavy atom. The molecule has 0 atom stereocenters. The predicted octanol–water partition coefficient (Wildman–Crippen LogP) is 5.61. The number of benzene rings is 2. The summed E-state index contributed by atoms with van der Waals surface area (Å²) >= 11 is 15.1. The zero-order valence-corrected chi connectivity index (χ0v) is 18.3. The molecule has 1 aliphatic rings. The number of nitrogens with one attached hydrogen (secondary N) is 2. The van der Waals surface area contributed by atoms with E-state index in [-0.39, 0.29) is 0 Å². The Morgan fingerprint density at radius 1 is 1.14 bits per heavy atom. The van der Waals surface area contributed by atoms with Gasteiger partial charge in [0.1, 0.15) is 0 Å². The highest BCUT2D eigenvalue weighted by molar-refractivity contribution is 9.10. The molecule has 1 aromatic heterocycles. The first-order chi connectivity index (χ1) is 13.6. The van der Waals surface area contributed by atoms with E-state index < -0.39 is 0 Å². The van der Waals surface area contributed by atoms with E-state index in [1.54, 1.807) is 0 Å². The quantitative estimate of drug-likeness (QED) is 0.482. The molecule has 4 rings (SSSR count). The van der Waals surface area contributed by atoms with Gasteiger partial charge in [0.05, 0.1) is 11.2 Å². The van der Waals surface area contributed by atoms with E-state index in [4.69, 9.17) is 23.8 Å². The molecule has 0 amide bonds. The highest BCUT2D eigenvalue weighted by atomic mass is 79.9. The van der Waals surface area contributed by atoms with Gasteiger partial charge in [-0.25, -0.2) is 0 Å². The van der Waals surface area contributed by atoms with Crippen molar-refractivity contribution in [2.75, 3.05) is 23.3 Å². The Hall–Kier alpha value is -1.89. The molecule has 28 heavy (non-hydrogen) atoms. The Bertz CT molecular complexity index is 1000. The van der Waals surface area contributed by atoms with Gasteiger partial charge in [-0.15, -0.1) is 0 Å². The maximum atomic E-state index is 6.11. The van der Waals surface area contributed by atoms with Crippen molar-refractivity contribution in [2.45, 2.75) is 18.9 Å². The van der Waals surface area contributed by atoms with Crippen LogP contribution in [0.4, 0.5) is 11.4 Å². The molecule has 0 spiro atoms. The Kier molecular flexibility index (Phi) is 5.99. The summed E-state index contributed by atoms with van der Waals surface area (Å²) in [7, 11) is 0. The molecule has 0 bridgehead atoms. The fourth-order valence-corrected chi connectivity index (χ4v) is 4.38. The lowest BCUT2D eigenvalue weighted by atomic mass is 10.0. The van der Waals surface area contributed by atoms with Crippen LogP contribution in [-0.2, 0) is 0 Å². The first kappa shape index (κ1) is 19.4. The molecule has 2 N–H and O–H groups in total. The maximum Gasteiger partial charge on any atom is 0.171 e. The summed E-state index contributed by atoms with van der Waals surface area (Å²) in [5.74, 6) is 0. The molecule has 0 aliphatic carbocycles. The van der Waals surface area contributed by atoms with Crippen molar-refractivity contribution in [3.8, 4) is 0 Å². The fraction of sp³-hybridized carbons (Fsp3) is 0.238. The van der Waals surface area contributed by atoms with Crippen molar-refractivity contribution in [1.82, 2.24) is 10.3 Å². The van der Waals surface area contributed by atoms with Crippen molar-refractivity contribution in [3.05, 3.63) is 64.2 Å². The van der Waals surface area contributed by atoms with Crippen LogP contribution in [0, 0.1) is 0 Å². The van der Waals surface area contributed by atoms with Crippen LogP contribution in [0.15, 0.2) is 59.2 Å². The van der Waals surface area contributed by atoms with Gasteiger partial charge in [-0.1, -0.05) is 23.7 Å². The number of para-hydroxylation sites is 1. The van der Waals surface area contributed by atoms with Gasteiger partial charge in [0, 0.05) is 45.9 Å². The topological polar surface area (TPSA) is 40.2 Å². The number of thiocarbonyl (C=S) groups is 1. The molecule has 144 valence electrons. The summed E-state index contributed by atoms with van der Waals surface area (Å²) in [4.78, 5) is 6.86. The van der Waals surface area contributed by atoms with E-state index >= 15 is 0 Å². The van der Waals surface area contributed by atoms with Gasteiger partial charge in [0.25, 0.3) is 0 Å². The van der Waals surface area contributed by atoms with Crippen LogP contribution in [-0.4, -0.2) is 29.2 Å². The number of piperidine rings is 1. The van der Waals surface area contributed by atoms with E-state index in [1.165, 1.54) is 5.69 Å². The van der Waals surface area contributed by atoms with E-state index in [0.717, 1.165) is 47.0 Å². The minimum atomic E-state index is 0.362. The number of aromatic nitrogens is 1. The normalized spacial score (nSPS) is 14.9. The maximum absolute atomic E-state index is 6.11. The zero-order chi connectivity index (χ0) is 19.5. The molecule has 1 fully saturated rings. The van der Waals surface area contributed by atoms with Gasteiger partial charge < -0.3 is 15.5 Å². The average molecular weight is 476 g/mol. The summed E-state index contributed by atoms with van der Waals surface area (Å²) in [5.41, 5.74) is 3.12. The first-order valence-electron chi connectivity index (χ1n) is 9.21. The number of fused-ring (bicyclic) bond motifs is 1. The van der Waals surface area contributed by atoms with E-state index in [9.17, 15) is 0 Å². The second-order valence-corrected chi connectivity index (χ2v) is 8.53. The third-order valence-corrected chi connectivity index (χ3v) is 6.12. The molecule has 7 heteroatoms. The monoisotopic (exact) mass is 474 g/mol. The van der Waals surface area contributed by atoms with Crippen molar-refractivity contribution < 1.29 is 0 Å². The zero-order valence-electron chi connectivity index (χ0n) is 15.2. The third kappa shape index (κ3) is 4.40. The Balaban J connectivity index is 1.37. The lowest BCUT2D eigenvalue weighted by Gasteiger charge is -2.35. The molecule has 0 unspecified atom stereocenters. The molecule has 0 saturated carbocycles. The van der Waals surface area contributed by atoms with E-state index in [0.29, 0.717) is 16.2 Å². The van der Waals surface area contributed by atoms with E-state index in [2.05, 4.69) is 48.6 Å². The number of halogens is 2. The molecule has 4 nitrogen and oxygen atoms in total. The predicted molar refractivity (Wildman–Crippen MR) is 125 cm³/mol. The average Bonchev–Trinajstić information content (AvgIpc) is 2.70. The summed E-state index contributed by atoms with van der Waals surface area (Å²) in [5, 5.41) is 9.24. The molecular weight excluding hydrogens is 456 g/mol. The summed E-state index contributed by atoms with van der Waals surface area (Å²) < 4.78 is 0.999. The lowest BCUT2D eigenvalue weighted by molar-refractivity contribution is 0.468. The smallest absolute Gasteiger partial charge is 0.171 e. The highest BCUT2D eigenvalue weighted by Crippen LogP contribution is 2.29. The second kappa shape index (κ2) is 8.64. The molecular formula is C21H20BrClN4S. The minimum absolute atomic E-state index is 0.362. The third-order valence-electron chi connectivity index (χ3n) is 4.97. The summed E-state index contributed by atoms with van der Waals surface area (Å²) in [6, 6.07) is 16.3. The van der Waals surface area contributed by atoms with Crippen LogP contribution < -0.4 is 15.5 Å². The lowest BCUT2D eigenvalue weighted by Crippen LogP contribution is -2.46. The van der Waals surface area contributed by atoms with Crippen LogP contribution in [0.2, 0.25) is 5.02 Å². The Morgan fingerprint density at radius 3 is 2.71 bits per heavy atom. The highest BCUT2D eigenvalue weighted by Gasteiger charge is 2.21. The van der Waals surface area contributed by atoms with Crippen LogP contribution in [0.5, 0.6) is 0 Å². The van der Waals surface area contributed by atoms with Crippen LogP contribution in [0.1, 0.15) is 12.8 Å². The van der Waals surface area contributed by atoms with Gasteiger partial charge in [-0.05, 0) is 77.4 Å². The number of rotatable bonds is 3. The molecule has 1 saturated heterocycles. The standard InChI is InChI=1S/C21H20BrClN4S/c22-17-3-1-2-4-18(17)26-21(28)25-15-8-11-27(12-9-15)20-7-10-24-19-13-14(23)5-6-16(19)20/h1-7,10,13,15H,8-9,11-12H2,(H2,25,26,28).